The first-order valence-electron chi connectivity index (χ1n) is 6.66. The van der Waals surface area contributed by atoms with Crippen LogP contribution in [0.1, 0.15) is 28.7 Å². The number of rotatable bonds is 4. The zero-order valence-corrected chi connectivity index (χ0v) is 11.8. The molecule has 0 N–H and O–H groups in total. The Morgan fingerprint density at radius 1 is 1.29 bits per heavy atom. The van der Waals surface area contributed by atoms with Crippen molar-refractivity contribution in [2.75, 3.05) is 13.3 Å². The van der Waals surface area contributed by atoms with Crippen molar-refractivity contribution in [1.82, 2.24) is 15.2 Å². The van der Waals surface area contributed by atoms with Crippen LogP contribution >= 0.6 is 0 Å². The fourth-order valence-electron chi connectivity index (χ4n) is 2.11. The third-order valence-electron chi connectivity index (χ3n) is 3.38. The van der Waals surface area contributed by atoms with Gasteiger partial charge in [-0.3, -0.25) is 4.79 Å². The number of fused-ring (bicyclic) bond motifs is 1. The van der Waals surface area contributed by atoms with Gasteiger partial charge in [0, 0.05) is 12.1 Å². The van der Waals surface area contributed by atoms with E-state index in [1.807, 2.05) is 6.92 Å². The van der Waals surface area contributed by atoms with E-state index in [0.717, 1.165) is 0 Å². The largest absolute Gasteiger partial charge is 0.454 e. The van der Waals surface area contributed by atoms with E-state index in [-0.39, 0.29) is 12.7 Å². The summed E-state index contributed by atoms with van der Waals surface area (Å²) in [7, 11) is 0. The van der Waals surface area contributed by atoms with E-state index in [9.17, 15) is 4.79 Å². The first-order valence-corrected chi connectivity index (χ1v) is 6.66. The van der Waals surface area contributed by atoms with Crippen LogP contribution in [-0.2, 0) is 6.54 Å². The summed E-state index contributed by atoms with van der Waals surface area (Å²) in [6, 6.07) is 5.17. The van der Waals surface area contributed by atoms with Crippen LogP contribution in [0.3, 0.4) is 0 Å². The molecule has 1 aromatic carbocycles. The quantitative estimate of drug-likeness (QED) is 0.853. The number of aryl methyl sites for hydroxylation is 1. The Labute approximate surface area is 121 Å². The second kappa shape index (κ2) is 5.43. The van der Waals surface area contributed by atoms with Crippen molar-refractivity contribution < 1.29 is 18.9 Å². The van der Waals surface area contributed by atoms with E-state index in [4.69, 9.17) is 9.47 Å². The van der Waals surface area contributed by atoms with Gasteiger partial charge in [0.15, 0.2) is 11.5 Å². The molecule has 7 nitrogen and oxygen atoms in total. The van der Waals surface area contributed by atoms with Crippen LogP contribution in [0.5, 0.6) is 11.5 Å². The topological polar surface area (TPSA) is 77.7 Å². The monoisotopic (exact) mass is 289 g/mol. The van der Waals surface area contributed by atoms with Gasteiger partial charge < -0.3 is 14.4 Å². The SMILES string of the molecule is CCN(Cc1nonc1C)C(=O)c1ccc2c(c1)OCO2. The van der Waals surface area contributed by atoms with Gasteiger partial charge in [-0.25, -0.2) is 4.63 Å². The predicted octanol–water partition coefficient (Wildman–Crippen LogP) is 1.77. The molecule has 0 radical (unpaired) electrons. The van der Waals surface area contributed by atoms with E-state index in [2.05, 4.69) is 14.9 Å². The number of hydrogen-bond donors (Lipinski definition) is 0. The lowest BCUT2D eigenvalue weighted by Crippen LogP contribution is -2.30. The second-order valence-electron chi connectivity index (χ2n) is 4.68. The average molecular weight is 289 g/mol. The van der Waals surface area contributed by atoms with Gasteiger partial charge >= 0.3 is 0 Å². The van der Waals surface area contributed by atoms with Crippen LogP contribution in [0.2, 0.25) is 0 Å². The van der Waals surface area contributed by atoms with Gasteiger partial charge in [-0.2, -0.15) is 0 Å². The molecule has 7 heteroatoms. The Morgan fingerprint density at radius 2 is 2.10 bits per heavy atom. The molecule has 21 heavy (non-hydrogen) atoms. The number of hydrogen-bond acceptors (Lipinski definition) is 6. The molecular formula is C14H15N3O4. The number of ether oxygens (including phenoxy) is 2. The molecule has 0 atom stereocenters. The number of benzene rings is 1. The molecule has 1 amide bonds. The Balaban J connectivity index is 1.80. The summed E-state index contributed by atoms with van der Waals surface area (Å²) in [5.41, 5.74) is 1.90. The Kier molecular flexibility index (Phi) is 3.47. The molecule has 0 spiro atoms. The Hall–Kier alpha value is -2.57. The maximum atomic E-state index is 12.6. The van der Waals surface area contributed by atoms with Crippen molar-refractivity contribution in [2.45, 2.75) is 20.4 Å². The normalized spacial score (nSPS) is 12.5. The van der Waals surface area contributed by atoms with E-state index in [0.29, 0.717) is 41.5 Å². The first kappa shape index (κ1) is 13.4. The lowest BCUT2D eigenvalue weighted by Gasteiger charge is -2.19. The summed E-state index contributed by atoms with van der Waals surface area (Å²) >= 11 is 0. The summed E-state index contributed by atoms with van der Waals surface area (Å²) in [6.07, 6.45) is 0. The van der Waals surface area contributed by atoms with Crippen molar-refractivity contribution in [1.29, 1.82) is 0 Å². The number of aromatic nitrogens is 2. The lowest BCUT2D eigenvalue weighted by atomic mass is 10.1. The highest BCUT2D eigenvalue weighted by molar-refractivity contribution is 5.95. The maximum Gasteiger partial charge on any atom is 0.254 e. The minimum atomic E-state index is -0.0989. The van der Waals surface area contributed by atoms with Crippen molar-refractivity contribution in [3.63, 3.8) is 0 Å². The second-order valence-corrected chi connectivity index (χ2v) is 4.68. The molecule has 0 bridgehead atoms. The van der Waals surface area contributed by atoms with Crippen molar-refractivity contribution in [2.24, 2.45) is 0 Å². The first-order chi connectivity index (χ1) is 10.2. The van der Waals surface area contributed by atoms with Gasteiger partial charge in [0.1, 0.15) is 11.4 Å². The van der Waals surface area contributed by atoms with Gasteiger partial charge in [0.25, 0.3) is 5.91 Å². The molecule has 0 aliphatic carbocycles. The number of nitrogens with zero attached hydrogens (tertiary/aromatic N) is 3. The maximum absolute atomic E-state index is 12.6. The number of carbonyl (C=O) groups excluding carboxylic acids is 1. The van der Waals surface area contributed by atoms with Gasteiger partial charge in [-0.05, 0) is 32.0 Å². The molecule has 3 rings (SSSR count). The molecule has 1 aromatic heterocycles. The zero-order valence-electron chi connectivity index (χ0n) is 11.8. The zero-order chi connectivity index (χ0) is 14.8. The van der Waals surface area contributed by atoms with Crippen LogP contribution in [0.15, 0.2) is 22.8 Å². The molecule has 1 aliphatic rings. The molecule has 0 saturated carbocycles. The molecule has 2 heterocycles. The van der Waals surface area contributed by atoms with Crippen LogP contribution in [-0.4, -0.2) is 34.5 Å². The van der Waals surface area contributed by atoms with Crippen molar-refractivity contribution >= 4 is 5.91 Å². The average Bonchev–Trinajstić information content (AvgIpc) is 3.12. The van der Waals surface area contributed by atoms with Crippen LogP contribution in [0.4, 0.5) is 0 Å². The molecule has 110 valence electrons. The van der Waals surface area contributed by atoms with Gasteiger partial charge in [0.05, 0.1) is 6.54 Å². The highest BCUT2D eigenvalue weighted by Crippen LogP contribution is 2.32. The minimum absolute atomic E-state index is 0.0989. The summed E-state index contributed by atoms with van der Waals surface area (Å²) in [5, 5.41) is 7.54. The van der Waals surface area contributed by atoms with Gasteiger partial charge in [-0.15, -0.1) is 0 Å². The lowest BCUT2D eigenvalue weighted by molar-refractivity contribution is 0.0748. The van der Waals surface area contributed by atoms with Gasteiger partial charge in [-0.1, -0.05) is 10.3 Å². The fraction of sp³-hybridized carbons (Fsp3) is 0.357. The smallest absolute Gasteiger partial charge is 0.254 e. The Morgan fingerprint density at radius 3 is 2.81 bits per heavy atom. The molecule has 0 fully saturated rings. The van der Waals surface area contributed by atoms with E-state index in [1.54, 1.807) is 30.0 Å². The molecule has 0 saturated heterocycles. The summed E-state index contributed by atoms with van der Waals surface area (Å²) < 4.78 is 15.2. The van der Waals surface area contributed by atoms with E-state index >= 15 is 0 Å². The van der Waals surface area contributed by atoms with Crippen LogP contribution in [0.25, 0.3) is 0 Å². The molecule has 2 aromatic rings. The van der Waals surface area contributed by atoms with E-state index in [1.165, 1.54) is 0 Å². The number of amides is 1. The van der Waals surface area contributed by atoms with Crippen molar-refractivity contribution in [3.05, 3.63) is 35.2 Å². The summed E-state index contributed by atoms with van der Waals surface area (Å²) in [4.78, 5) is 14.2. The third-order valence-corrected chi connectivity index (χ3v) is 3.38. The highest BCUT2D eigenvalue weighted by atomic mass is 16.7. The minimum Gasteiger partial charge on any atom is -0.454 e. The van der Waals surface area contributed by atoms with E-state index < -0.39 is 0 Å². The highest BCUT2D eigenvalue weighted by Gasteiger charge is 2.21. The Bertz CT molecular complexity index is 668. The van der Waals surface area contributed by atoms with Crippen LogP contribution in [0, 0.1) is 6.92 Å². The van der Waals surface area contributed by atoms with Crippen LogP contribution < -0.4 is 9.47 Å². The standard InChI is InChI=1S/C14H15N3O4/c1-3-17(7-11-9(2)15-21-16-11)14(18)10-4-5-12-13(6-10)20-8-19-12/h4-6H,3,7-8H2,1-2H3. The predicted molar refractivity (Wildman–Crippen MR) is 72.0 cm³/mol. The number of carbonyl (C=O) groups is 1. The molecule has 0 unspecified atom stereocenters. The molecular weight excluding hydrogens is 274 g/mol. The fourth-order valence-corrected chi connectivity index (χ4v) is 2.11. The summed E-state index contributed by atoms with van der Waals surface area (Å²) in [5.74, 6) is 1.15. The third kappa shape index (κ3) is 2.54. The summed E-state index contributed by atoms with van der Waals surface area (Å²) in [6.45, 7) is 4.81. The van der Waals surface area contributed by atoms with Crippen molar-refractivity contribution in [3.8, 4) is 11.5 Å². The van der Waals surface area contributed by atoms with Gasteiger partial charge in [0.2, 0.25) is 6.79 Å². The molecule has 1 aliphatic heterocycles.